The molecule has 0 spiro atoms. The van der Waals surface area contributed by atoms with Gasteiger partial charge in [0.05, 0.1) is 11.3 Å². The first kappa shape index (κ1) is 26.0. The maximum atomic E-state index is 13.4. The van der Waals surface area contributed by atoms with Crippen LogP contribution in [0, 0.1) is 0 Å². The van der Waals surface area contributed by atoms with Crippen LogP contribution in [0.3, 0.4) is 0 Å². The number of ether oxygens (including phenoxy) is 1. The van der Waals surface area contributed by atoms with Gasteiger partial charge in [-0.25, -0.2) is 4.79 Å². The second-order valence-corrected chi connectivity index (χ2v) is 9.30. The standard InChI is InChI=1S/C28H30N2O4S/c1-21(34-28(33)24-16-10-11-17-25(24)35-20-26(31)29(2)3)27(32)30(18-22-12-6-4-7-13-22)19-23-14-8-5-9-15-23/h4-17,21H,18-20H2,1-3H3. The second kappa shape index (κ2) is 12.8. The number of amides is 2. The molecule has 7 heteroatoms. The molecule has 1 atom stereocenters. The van der Waals surface area contributed by atoms with Gasteiger partial charge in [-0.05, 0) is 30.2 Å². The molecule has 3 aromatic rings. The number of hydrogen-bond donors (Lipinski definition) is 0. The van der Waals surface area contributed by atoms with Gasteiger partial charge in [0.1, 0.15) is 0 Å². The van der Waals surface area contributed by atoms with Crippen LogP contribution in [0.1, 0.15) is 28.4 Å². The van der Waals surface area contributed by atoms with E-state index >= 15 is 0 Å². The average molecular weight is 491 g/mol. The van der Waals surface area contributed by atoms with E-state index in [0.717, 1.165) is 11.1 Å². The third-order valence-corrected chi connectivity index (χ3v) is 6.39. The van der Waals surface area contributed by atoms with Gasteiger partial charge in [-0.1, -0.05) is 72.8 Å². The smallest absolute Gasteiger partial charge is 0.340 e. The topological polar surface area (TPSA) is 66.9 Å². The number of rotatable bonds is 10. The van der Waals surface area contributed by atoms with E-state index in [1.807, 2.05) is 60.7 Å². The fourth-order valence-corrected chi connectivity index (χ4v) is 4.40. The Morgan fingerprint density at radius 1 is 0.800 bits per heavy atom. The van der Waals surface area contributed by atoms with Crippen molar-refractivity contribution in [3.8, 4) is 0 Å². The molecular formula is C28H30N2O4S. The molecule has 6 nitrogen and oxygen atoms in total. The molecule has 0 N–H and O–H groups in total. The van der Waals surface area contributed by atoms with E-state index in [9.17, 15) is 14.4 Å². The van der Waals surface area contributed by atoms with Gasteiger partial charge in [-0.2, -0.15) is 0 Å². The number of carbonyl (C=O) groups excluding carboxylic acids is 3. The van der Waals surface area contributed by atoms with Crippen molar-refractivity contribution in [3.63, 3.8) is 0 Å². The van der Waals surface area contributed by atoms with E-state index in [0.29, 0.717) is 23.5 Å². The van der Waals surface area contributed by atoms with Gasteiger partial charge < -0.3 is 14.5 Å². The lowest BCUT2D eigenvalue weighted by molar-refractivity contribution is -0.141. The molecule has 0 aliphatic heterocycles. The van der Waals surface area contributed by atoms with E-state index in [4.69, 9.17) is 4.74 Å². The first-order chi connectivity index (χ1) is 16.8. The fraction of sp³-hybridized carbons (Fsp3) is 0.250. The van der Waals surface area contributed by atoms with Gasteiger partial charge in [0, 0.05) is 32.1 Å². The lowest BCUT2D eigenvalue weighted by atomic mass is 10.1. The molecule has 2 amide bonds. The third-order valence-electron chi connectivity index (χ3n) is 5.33. The molecule has 0 aliphatic rings. The zero-order valence-electron chi connectivity index (χ0n) is 20.2. The average Bonchev–Trinajstić information content (AvgIpc) is 2.87. The van der Waals surface area contributed by atoms with Crippen LogP contribution in [0.2, 0.25) is 0 Å². The van der Waals surface area contributed by atoms with Crippen LogP contribution in [0.5, 0.6) is 0 Å². The van der Waals surface area contributed by atoms with Crippen molar-refractivity contribution in [2.45, 2.75) is 31.0 Å². The van der Waals surface area contributed by atoms with Gasteiger partial charge in [-0.15, -0.1) is 11.8 Å². The van der Waals surface area contributed by atoms with E-state index in [1.165, 1.54) is 16.7 Å². The number of thioether (sulfide) groups is 1. The highest BCUT2D eigenvalue weighted by atomic mass is 32.2. The lowest BCUT2D eigenvalue weighted by Gasteiger charge is -2.26. The summed E-state index contributed by atoms with van der Waals surface area (Å²) in [4.78, 5) is 42.2. The van der Waals surface area contributed by atoms with E-state index < -0.39 is 12.1 Å². The van der Waals surface area contributed by atoms with Crippen LogP contribution in [0.25, 0.3) is 0 Å². The Kier molecular flexibility index (Phi) is 9.49. The summed E-state index contributed by atoms with van der Waals surface area (Å²) >= 11 is 1.27. The van der Waals surface area contributed by atoms with E-state index in [2.05, 4.69) is 0 Å². The molecule has 0 saturated heterocycles. The summed E-state index contributed by atoms with van der Waals surface area (Å²) < 4.78 is 5.61. The van der Waals surface area contributed by atoms with Crippen LogP contribution in [-0.4, -0.2) is 53.5 Å². The van der Waals surface area contributed by atoms with E-state index in [1.54, 1.807) is 50.2 Å². The summed E-state index contributed by atoms with van der Waals surface area (Å²) in [5.74, 6) is -0.725. The van der Waals surface area contributed by atoms with Crippen molar-refractivity contribution in [1.82, 2.24) is 9.80 Å². The van der Waals surface area contributed by atoms with Gasteiger partial charge in [0.25, 0.3) is 5.91 Å². The fourth-order valence-electron chi connectivity index (χ4n) is 3.38. The molecule has 0 radical (unpaired) electrons. The predicted octanol–water partition coefficient (Wildman–Crippen LogP) is 4.64. The minimum absolute atomic E-state index is 0.0563. The van der Waals surface area contributed by atoms with Crippen molar-refractivity contribution in [2.24, 2.45) is 0 Å². The minimum Gasteiger partial charge on any atom is -0.449 e. The van der Waals surface area contributed by atoms with Crippen molar-refractivity contribution in [2.75, 3.05) is 19.8 Å². The second-order valence-electron chi connectivity index (χ2n) is 8.29. The maximum absolute atomic E-state index is 13.4. The molecule has 0 saturated carbocycles. The highest BCUT2D eigenvalue weighted by molar-refractivity contribution is 8.00. The molecule has 0 aromatic heterocycles. The summed E-state index contributed by atoms with van der Waals surface area (Å²) in [7, 11) is 3.37. The zero-order valence-corrected chi connectivity index (χ0v) is 21.0. The van der Waals surface area contributed by atoms with Crippen molar-refractivity contribution >= 4 is 29.5 Å². The van der Waals surface area contributed by atoms with Crippen molar-refractivity contribution < 1.29 is 19.1 Å². The Labute approximate surface area is 210 Å². The van der Waals surface area contributed by atoms with Gasteiger partial charge in [0.15, 0.2) is 6.10 Å². The maximum Gasteiger partial charge on any atom is 0.340 e. The number of benzene rings is 3. The first-order valence-electron chi connectivity index (χ1n) is 11.3. The van der Waals surface area contributed by atoms with Crippen LogP contribution in [0.15, 0.2) is 89.8 Å². The third kappa shape index (κ3) is 7.72. The number of carbonyl (C=O) groups is 3. The predicted molar refractivity (Wildman–Crippen MR) is 138 cm³/mol. The molecule has 0 fully saturated rings. The monoisotopic (exact) mass is 490 g/mol. The highest BCUT2D eigenvalue weighted by Gasteiger charge is 2.26. The molecule has 0 bridgehead atoms. The Hall–Kier alpha value is -3.58. The first-order valence-corrected chi connectivity index (χ1v) is 12.3. The van der Waals surface area contributed by atoms with Crippen LogP contribution < -0.4 is 0 Å². The summed E-state index contributed by atoms with van der Waals surface area (Å²) in [6.45, 7) is 2.39. The normalized spacial score (nSPS) is 11.4. The van der Waals surface area contributed by atoms with Crippen LogP contribution in [0.4, 0.5) is 0 Å². The summed E-state index contributed by atoms with van der Waals surface area (Å²) in [6, 6.07) is 26.4. The highest BCUT2D eigenvalue weighted by Crippen LogP contribution is 2.24. The zero-order chi connectivity index (χ0) is 25.2. The van der Waals surface area contributed by atoms with Crippen LogP contribution >= 0.6 is 11.8 Å². The number of esters is 1. The Morgan fingerprint density at radius 3 is 1.86 bits per heavy atom. The van der Waals surface area contributed by atoms with E-state index in [-0.39, 0.29) is 17.6 Å². The summed E-state index contributed by atoms with van der Waals surface area (Å²) in [5.41, 5.74) is 2.31. The molecule has 35 heavy (non-hydrogen) atoms. The number of nitrogens with zero attached hydrogens (tertiary/aromatic N) is 2. The van der Waals surface area contributed by atoms with Gasteiger partial charge >= 0.3 is 5.97 Å². The Balaban J connectivity index is 1.73. The SMILES string of the molecule is CC(OC(=O)c1ccccc1SCC(=O)N(C)C)C(=O)N(Cc1ccccc1)Cc1ccccc1. The molecule has 1 unspecified atom stereocenters. The largest absolute Gasteiger partial charge is 0.449 e. The molecule has 3 aromatic carbocycles. The minimum atomic E-state index is -0.976. The molecule has 0 aliphatic carbocycles. The van der Waals surface area contributed by atoms with Gasteiger partial charge in [0.2, 0.25) is 5.91 Å². The van der Waals surface area contributed by atoms with Crippen molar-refractivity contribution in [3.05, 3.63) is 102 Å². The lowest BCUT2D eigenvalue weighted by Crippen LogP contribution is -2.39. The molecule has 3 rings (SSSR count). The molecule has 0 heterocycles. The van der Waals surface area contributed by atoms with Crippen LogP contribution in [-0.2, 0) is 27.4 Å². The Bertz CT molecular complexity index is 1090. The van der Waals surface area contributed by atoms with Crippen molar-refractivity contribution in [1.29, 1.82) is 0 Å². The quantitative estimate of drug-likeness (QED) is 0.306. The molecular weight excluding hydrogens is 460 g/mol. The number of hydrogen-bond acceptors (Lipinski definition) is 5. The summed E-state index contributed by atoms with van der Waals surface area (Å²) in [6.07, 6.45) is -0.976. The Morgan fingerprint density at radius 2 is 1.31 bits per heavy atom. The summed E-state index contributed by atoms with van der Waals surface area (Å²) in [5, 5.41) is 0. The van der Waals surface area contributed by atoms with Gasteiger partial charge in [-0.3, -0.25) is 9.59 Å². The molecule has 182 valence electrons.